The number of carbonyl (C=O) groups is 1. The molecule has 238 valence electrons. The lowest BCUT2D eigenvalue weighted by molar-refractivity contribution is -0.113. The Bertz CT molecular complexity index is 2180. The van der Waals surface area contributed by atoms with Crippen LogP contribution in [-0.4, -0.2) is 24.7 Å². The maximum Gasteiger partial charge on any atom is 0.271 e. The van der Waals surface area contributed by atoms with E-state index in [0.717, 1.165) is 20.1 Å². The molecule has 0 fully saturated rings. The van der Waals surface area contributed by atoms with Crippen LogP contribution in [0.5, 0.6) is 17.2 Å². The highest BCUT2D eigenvalue weighted by Gasteiger charge is 2.34. The zero-order valence-electron chi connectivity index (χ0n) is 25.6. The number of hydrogen-bond donors (Lipinski definition) is 1. The molecular weight excluding hydrogens is 746 g/mol. The lowest BCUT2D eigenvalue weighted by Gasteiger charge is -2.26. The number of rotatable bonds is 9. The highest BCUT2D eigenvalue weighted by molar-refractivity contribution is 9.10. The minimum atomic E-state index is -0.806. The van der Waals surface area contributed by atoms with Gasteiger partial charge < -0.3 is 19.5 Å². The van der Waals surface area contributed by atoms with Gasteiger partial charge in [0.15, 0.2) is 4.80 Å². The fourth-order valence-corrected chi connectivity index (χ4v) is 7.11. The number of aromatic nitrogens is 1. The Morgan fingerprint density at radius 1 is 0.957 bits per heavy atom. The average molecular weight is 776 g/mol. The molecule has 5 aromatic rings. The van der Waals surface area contributed by atoms with E-state index in [1.54, 1.807) is 50.0 Å². The molecule has 4 aromatic carbocycles. The predicted molar refractivity (Wildman–Crippen MR) is 191 cm³/mol. The molecule has 1 N–H and O–H groups in total. The first kappa shape index (κ1) is 32.5. The fraction of sp³-hybridized carbons (Fsp3) is 0.139. The summed E-state index contributed by atoms with van der Waals surface area (Å²) in [7, 11) is 3.12. The van der Waals surface area contributed by atoms with Gasteiger partial charge in [0, 0.05) is 21.8 Å². The van der Waals surface area contributed by atoms with Crippen LogP contribution in [0.15, 0.2) is 121 Å². The minimum absolute atomic E-state index is 0.277. The first-order valence-electron chi connectivity index (χ1n) is 14.5. The summed E-state index contributed by atoms with van der Waals surface area (Å²) in [5, 5.41) is 2.97. The number of nitrogens with zero attached hydrogens (tertiary/aromatic N) is 2. The molecule has 8 nitrogen and oxygen atoms in total. The highest BCUT2D eigenvalue weighted by atomic mass is 79.9. The summed E-state index contributed by atoms with van der Waals surface area (Å²) in [6, 6.07) is 27.3. The van der Waals surface area contributed by atoms with Gasteiger partial charge in [-0.05, 0) is 88.6 Å². The average Bonchev–Trinajstić information content (AvgIpc) is 3.38. The van der Waals surface area contributed by atoms with Crippen molar-refractivity contribution in [1.29, 1.82) is 0 Å². The van der Waals surface area contributed by atoms with Crippen molar-refractivity contribution in [2.45, 2.75) is 19.6 Å². The van der Waals surface area contributed by atoms with Crippen molar-refractivity contribution < 1.29 is 19.0 Å². The lowest BCUT2D eigenvalue weighted by atomic mass is 9.94. The van der Waals surface area contributed by atoms with Gasteiger partial charge in [0.1, 0.15) is 29.9 Å². The van der Waals surface area contributed by atoms with E-state index >= 15 is 0 Å². The summed E-state index contributed by atoms with van der Waals surface area (Å²) in [6.45, 7) is 2.20. The standard InChI is InChI=1S/C36H29Br2N3O5S/c1-21-32(34(42)40-25-7-5-4-6-8-25)33(27-15-14-26(44-2)19-30(27)45-3)41-35(43)31(47-36(41)39-21)18-23-11-16-29(28(38)17-23)46-20-22-9-12-24(37)13-10-22/h4-19,33H,20H2,1-3H3,(H,40,42)/b31-18-/t33-/m0/s1. The zero-order valence-corrected chi connectivity index (χ0v) is 29.6. The number of fused-ring (bicyclic) bond motifs is 1. The molecule has 1 aliphatic rings. The van der Waals surface area contributed by atoms with Crippen molar-refractivity contribution in [3.8, 4) is 17.2 Å². The third kappa shape index (κ3) is 6.97. The number of ether oxygens (including phenoxy) is 3. The number of anilines is 1. The summed E-state index contributed by atoms with van der Waals surface area (Å²) in [6.07, 6.45) is 1.82. The number of halogens is 2. The summed E-state index contributed by atoms with van der Waals surface area (Å²) in [5.74, 6) is 1.38. The maximum absolute atomic E-state index is 14.2. The summed E-state index contributed by atoms with van der Waals surface area (Å²) >= 11 is 8.34. The molecule has 0 aliphatic carbocycles. The van der Waals surface area contributed by atoms with Crippen LogP contribution in [0, 0.1) is 0 Å². The number of benzene rings is 4. The van der Waals surface area contributed by atoms with Gasteiger partial charge in [-0.2, -0.15) is 0 Å². The summed E-state index contributed by atoms with van der Waals surface area (Å²) in [4.78, 5) is 33.3. The smallest absolute Gasteiger partial charge is 0.271 e. The first-order chi connectivity index (χ1) is 22.7. The second-order valence-corrected chi connectivity index (χ2v) is 13.4. The van der Waals surface area contributed by atoms with Crippen LogP contribution >= 0.6 is 43.2 Å². The SMILES string of the molecule is COc1ccc([C@H]2C(C(=O)Nc3ccccc3)=C(C)N=c3s/c(=C\c4ccc(OCc5ccc(Br)cc5)c(Br)c4)c(=O)n32)c(OC)c1. The van der Waals surface area contributed by atoms with E-state index in [1.807, 2.05) is 72.8 Å². The normalized spacial score (nSPS) is 14.3. The third-order valence-corrected chi connectivity index (χ3v) is 9.73. The van der Waals surface area contributed by atoms with E-state index in [9.17, 15) is 9.59 Å². The Morgan fingerprint density at radius 3 is 2.43 bits per heavy atom. The van der Waals surface area contributed by atoms with E-state index in [1.165, 1.54) is 11.3 Å². The highest BCUT2D eigenvalue weighted by Crippen LogP contribution is 2.37. The van der Waals surface area contributed by atoms with Crippen molar-refractivity contribution in [3.05, 3.63) is 148 Å². The Labute approximate surface area is 291 Å². The Morgan fingerprint density at radius 2 is 1.72 bits per heavy atom. The number of allylic oxidation sites excluding steroid dienone is 1. The van der Waals surface area contributed by atoms with E-state index < -0.39 is 6.04 Å². The van der Waals surface area contributed by atoms with Crippen LogP contribution in [-0.2, 0) is 11.4 Å². The Kier molecular flexibility index (Phi) is 9.76. The Hall–Kier alpha value is -4.45. The van der Waals surface area contributed by atoms with Crippen LogP contribution in [0.1, 0.15) is 29.7 Å². The van der Waals surface area contributed by atoms with Crippen molar-refractivity contribution in [3.63, 3.8) is 0 Å². The van der Waals surface area contributed by atoms with Gasteiger partial charge in [-0.1, -0.05) is 63.7 Å². The molecule has 1 aromatic heterocycles. The van der Waals surface area contributed by atoms with Gasteiger partial charge in [0.05, 0.1) is 34.5 Å². The topological polar surface area (TPSA) is 91.2 Å². The van der Waals surface area contributed by atoms with E-state index in [0.29, 0.717) is 55.7 Å². The van der Waals surface area contributed by atoms with Crippen molar-refractivity contribution in [1.82, 2.24) is 4.57 Å². The lowest BCUT2D eigenvalue weighted by Crippen LogP contribution is -2.40. The van der Waals surface area contributed by atoms with Gasteiger partial charge in [-0.3, -0.25) is 14.2 Å². The molecule has 0 spiro atoms. The molecule has 11 heteroatoms. The van der Waals surface area contributed by atoms with Crippen LogP contribution in [0.2, 0.25) is 0 Å². The third-order valence-electron chi connectivity index (χ3n) is 7.59. The van der Waals surface area contributed by atoms with Crippen molar-refractivity contribution in [2.24, 2.45) is 4.99 Å². The number of thiazole rings is 1. The first-order valence-corrected chi connectivity index (χ1v) is 16.9. The number of para-hydroxylation sites is 1. The van der Waals surface area contributed by atoms with Crippen LogP contribution < -0.4 is 34.4 Å². The van der Waals surface area contributed by atoms with E-state index in [4.69, 9.17) is 19.2 Å². The molecular formula is C36H29Br2N3O5S. The fourth-order valence-electron chi connectivity index (χ4n) is 5.29. The number of carbonyl (C=O) groups excluding carboxylic acids is 1. The van der Waals surface area contributed by atoms with Crippen LogP contribution in [0.3, 0.4) is 0 Å². The molecule has 0 unspecified atom stereocenters. The van der Waals surface area contributed by atoms with Gasteiger partial charge in [0.2, 0.25) is 0 Å². The second kappa shape index (κ2) is 14.1. The van der Waals surface area contributed by atoms with Crippen molar-refractivity contribution >= 4 is 60.9 Å². The van der Waals surface area contributed by atoms with E-state index in [2.05, 4.69) is 37.2 Å². The number of hydrogen-bond acceptors (Lipinski definition) is 7. The van der Waals surface area contributed by atoms with Crippen molar-refractivity contribution in [2.75, 3.05) is 19.5 Å². The molecule has 47 heavy (non-hydrogen) atoms. The number of amides is 1. The quantitative estimate of drug-likeness (QED) is 0.174. The summed E-state index contributed by atoms with van der Waals surface area (Å²) < 4.78 is 21.0. The second-order valence-electron chi connectivity index (χ2n) is 10.6. The predicted octanol–water partition coefficient (Wildman–Crippen LogP) is 7.00. The molecule has 1 amide bonds. The molecule has 0 saturated heterocycles. The van der Waals surface area contributed by atoms with Gasteiger partial charge in [-0.15, -0.1) is 0 Å². The monoisotopic (exact) mass is 773 g/mol. The molecule has 0 saturated carbocycles. The largest absolute Gasteiger partial charge is 0.497 e. The molecule has 0 radical (unpaired) electrons. The van der Waals surface area contributed by atoms with Gasteiger partial charge in [0.25, 0.3) is 11.5 Å². The van der Waals surface area contributed by atoms with Crippen LogP contribution in [0.4, 0.5) is 5.69 Å². The van der Waals surface area contributed by atoms with E-state index in [-0.39, 0.29) is 11.5 Å². The molecule has 2 heterocycles. The van der Waals surface area contributed by atoms with Gasteiger partial charge in [-0.25, -0.2) is 4.99 Å². The molecule has 6 rings (SSSR count). The van der Waals surface area contributed by atoms with Crippen LogP contribution in [0.25, 0.3) is 6.08 Å². The Balaban J connectivity index is 1.40. The molecule has 0 bridgehead atoms. The minimum Gasteiger partial charge on any atom is -0.497 e. The maximum atomic E-state index is 14.2. The molecule has 1 atom stereocenters. The zero-order chi connectivity index (χ0) is 33.1. The van der Waals surface area contributed by atoms with Gasteiger partial charge >= 0.3 is 0 Å². The number of methoxy groups -OCH3 is 2. The summed E-state index contributed by atoms with van der Waals surface area (Å²) in [5.41, 5.74) is 3.67. The molecule has 1 aliphatic heterocycles. The number of nitrogens with one attached hydrogen (secondary N) is 1.